The SMILES string of the molecule is Cc1ccc(F)c(NS(=O)(=O)c2ccc(C(C)N)cc2)c1. The average Bonchev–Trinajstić information content (AvgIpc) is 2.43. The lowest BCUT2D eigenvalue weighted by atomic mass is 10.1. The van der Waals surface area contributed by atoms with Gasteiger partial charge < -0.3 is 5.73 Å². The summed E-state index contributed by atoms with van der Waals surface area (Å²) < 4.78 is 40.4. The molecule has 0 spiro atoms. The van der Waals surface area contributed by atoms with Crippen LogP contribution in [0.1, 0.15) is 24.1 Å². The smallest absolute Gasteiger partial charge is 0.261 e. The Labute approximate surface area is 123 Å². The van der Waals surface area contributed by atoms with Crippen LogP contribution in [0, 0.1) is 12.7 Å². The number of anilines is 1. The number of halogens is 1. The van der Waals surface area contributed by atoms with Crippen molar-refractivity contribution in [1.29, 1.82) is 0 Å². The molecular weight excluding hydrogens is 291 g/mol. The van der Waals surface area contributed by atoms with Crippen LogP contribution in [0.5, 0.6) is 0 Å². The summed E-state index contributed by atoms with van der Waals surface area (Å²) in [5.41, 5.74) is 7.25. The van der Waals surface area contributed by atoms with Crippen molar-refractivity contribution in [3.8, 4) is 0 Å². The summed E-state index contributed by atoms with van der Waals surface area (Å²) in [6.07, 6.45) is 0. The average molecular weight is 308 g/mol. The van der Waals surface area contributed by atoms with Crippen LogP contribution < -0.4 is 10.5 Å². The highest BCUT2D eigenvalue weighted by atomic mass is 32.2. The van der Waals surface area contributed by atoms with Crippen molar-refractivity contribution in [2.24, 2.45) is 5.73 Å². The highest BCUT2D eigenvalue weighted by Crippen LogP contribution is 2.21. The Hall–Kier alpha value is -1.92. The first-order valence-corrected chi connectivity index (χ1v) is 7.92. The Bertz CT molecular complexity index is 741. The van der Waals surface area contributed by atoms with E-state index in [9.17, 15) is 12.8 Å². The van der Waals surface area contributed by atoms with Crippen molar-refractivity contribution in [2.45, 2.75) is 24.8 Å². The van der Waals surface area contributed by atoms with E-state index in [1.165, 1.54) is 24.3 Å². The zero-order chi connectivity index (χ0) is 15.6. The minimum atomic E-state index is -3.83. The Kier molecular flexibility index (Phi) is 4.29. The summed E-state index contributed by atoms with van der Waals surface area (Å²) in [5.74, 6) is -0.614. The number of benzene rings is 2. The largest absolute Gasteiger partial charge is 0.324 e. The standard InChI is InChI=1S/C15H17FN2O2S/c1-10-3-8-14(16)15(9-10)18-21(19,20)13-6-4-12(5-7-13)11(2)17/h3-9,11,18H,17H2,1-2H3. The van der Waals surface area contributed by atoms with E-state index in [2.05, 4.69) is 4.72 Å². The molecule has 0 saturated carbocycles. The predicted molar refractivity (Wildman–Crippen MR) is 81.0 cm³/mol. The van der Waals surface area contributed by atoms with Gasteiger partial charge in [-0.3, -0.25) is 4.72 Å². The summed E-state index contributed by atoms with van der Waals surface area (Å²) in [6, 6.07) is 10.3. The van der Waals surface area contributed by atoms with E-state index >= 15 is 0 Å². The molecule has 3 N–H and O–H groups in total. The van der Waals surface area contributed by atoms with Crippen LogP contribution >= 0.6 is 0 Å². The molecule has 0 radical (unpaired) electrons. The Morgan fingerprint density at radius 2 is 1.76 bits per heavy atom. The third-order valence-corrected chi connectivity index (χ3v) is 4.46. The lowest BCUT2D eigenvalue weighted by molar-refractivity contribution is 0.598. The van der Waals surface area contributed by atoms with Crippen molar-refractivity contribution in [3.63, 3.8) is 0 Å². The Morgan fingerprint density at radius 3 is 2.33 bits per heavy atom. The topological polar surface area (TPSA) is 72.2 Å². The molecule has 0 saturated heterocycles. The van der Waals surface area contributed by atoms with Crippen LogP contribution in [-0.4, -0.2) is 8.42 Å². The normalized spacial score (nSPS) is 13.0. The minimum Gasteiger partial charge on any atom is -0.324 e. The first kappa shape index (κ1) is 15.5. The Balaban J connectivity index is 2.31. The van der Waals surface area contributed by atoms with Gasteiger partial charge in [0, 0.05) is 6.04 Å². The van der Waals surface area contributed by atoms with Crippen LogP contribution in [-0.2, 0) is 10.0 Å². The molecular formula is C15H17FN2O2S. The van der Waals surface area contributed by atoms with Gasteiger partial charge in [0.15, 0.2) is 0 Å². The molecule has 0 heterocycles. The number of aryl methyl sites for hydroxylation is 1. The molecule has 0 amide bonds. The number of hydrogen-bond acceptors (Lipinski definition) is 3. The molecule has 0 bridgehead atoms. The van der Waals surface area contributed by atoms with E-state index in [0.29, 0.717) is 0 Å². The lowest BCUT2D eigenvalue weighted by Gasteiger charge is -2.11. The van der Waals surface area contributed by atoms with Crippen LogP contribution in [0.4, 0.5) is 10.1 Å². The first-order valence-electron chi connectivity index (χ1n) is 6.44. The first-order chi connectivity index (χ1) is 9.79. The quantitative estimate of drug-likeness (QED) is 0.912. The van der Waals surface area contributed by atoms with Crippen molar-refractivity contribution >= 4 is 15.7 Å². The van der Waals surface area contributed by atoms with Gasteiger partial charge >= 0.3 is 0 Å². The van der Waals surface area contributed by atoms with Gasteiger partial charge in [0.25, 0.3) is 10.0 Å². The van der Waals surface area contributed by atoms with E-state index in [1.807, 2.05) is 6.92 Å². The predicted octanol–water partition coefficient (Wildman–Crippen LogP) is 2.95. The molecule has 0 aliphatic carbocycles. The maximum absolute atomic E-state index is 13.6. The molecule has 1 atom stereocenters. The van der Waals surface area contributed by atoms with Gasteiger partial charge in [-0.2, -0.15) is 0 Å². The van der Waals surface area contributed by atoms with Gasteiger partial charge in [-0.25, -0.2) is 12.8 Å². The van der Waals surface area contributed by atoms with Crippen LogP contribution in [0.2, 0.25) is 0 Å². The molecule has 2 aromatic rings. The van der Waals surface area contributed by atoms with Gasteiger partial charge in [-0.15, -0.1) is 0 Å². The van der Waals surface area contributed by atoms with E-state index in [4.69, 9.17) is 5.73 Å². The summed E-state index contributed by atoms with van der Waals surface area (Å²) >= 11 is 0. The van der Waals surface area contributed by atoms with E-state index in [1.54, 1.807) is 25.1 Å². The molecule has 21 heavy (non-hydrogen) atoms. The molecule has 0 aliphatic heterocycles. The van der Waals surface area contributed by atoms with Gasteiger partial charge in [-0.1, -0.05) is 18.2 Å². The van der Waals surface area contributed by atoms with Crippen molar-refractivity contribution in [2.75, 3.05) is 4.72 Å². The highest BCUT2D eigenvalue weighted by Gasteiger charge is 2.16. The van der Waals surface area contributed by atoms with E-state index in [-0.39, 0.29) is 16.6 Å². The van der Waals surface area contributed by atoms with Crippen LogP contribution in [0.3, 0.4) is 0 Å². The molecule has 2 rings (SSSR count). The van der Waals surface area contributed by atoms with Crippen molar-refractivity contribution in [3.05, 3.63) is 59.4 Å². The number of nitrogens with one attached hydrogen (secondary N) is 1. The molecule has 0 aliphatic rings. The van der Waals surface area contributed by atoms with Gasteiger partial charge in [0.05, 0.1) is 10.6 Å². The minimum absolute atomic E-state index is 0.0628. The number of rotatable bonds is 4. The molecule has 112 valence electrons. The van der Waals surface area contributed by atoms with Crippen molar-refractivity contribution in [1.82, 2.24) is 0 Å². The summed E-state index contributed by atoms with van der Waals surface area (Å²) in [6.45, 7) is 3.57. The van der Waals surface area contributed by atoms with Gasteiger partial charge in [0.2, 0.25) is 0 Å². The van der Waals surface area contributed by atoms with Crippen LogP contribution in [0.15, 0.2) is 47.4 Å². The Morgan fingerprint density at radius 1 is 1.14 bits per heavy atom. The lowest BCUT2D eigenvalue weighted by Crippen LogP contribution is -2.14. The van der Waals surface area contributed by atoms with E-state index < -0.39 is 15.8 Å². The summed E-state index contributed by atoms with van der Waals surface area (Å²) in [5, 5.41) is 0. The molecule has 1 unspecified atom stereocenters. The second-order valence-electron chi connectivity index (χ2n) is 4.95. The fourth-order valence-corrected chi connectivity index (χ4v) is 2.93. The molecule has 6 heteroatoms. The molecule has 0 aromatic heterocycles. The zero-order valence-electron chi connectivity index (χ0n) is 11.8. The maximum Gasteiger partial charge on any atom is 0.261 e. The highest BCUT2D eigenvalue weighted by molar-refractivity contribution is 7.92. The number of nitrogens with two attached hydrogens (primary N) is 1. The number of sulfonamides is 1. The van der Waals surface area contributed by atoms with Crippen LogP contribution in [0.25, 0.3) is 0 Å². The maximum atomic E-state index is 13.6. The molecule has 0 fully saturated rings. The zero-order valence-corrected chi connectivity index (χ0v) is 12.6. The monoisotopic (exact) mass is 308 g/mol. The second kappa shape index (κ2) is 5.83. The van der Waals surface area contributed by atoms with E-state index in [0.717, 1.165) is 11.1 Å². The summed E-state index contributed by atoms with van der Waals surface area (Å²) in [7, 11) is -3.83. The fraction of sp³-hybridized carbons (Fsp3) is 0.200. The number of hydrogen-bond donors (Lipinski definition) is 2. The third kappa shape index (κ3) is 3.59. The third-order valence-electron chi connectivity index (χ3n) is 3.08. The van der Waals surface area contributed by atoms with Gasteiger partial charge in [-0.05, 0) is 49.2 Å². The molecule has 4 nitrogen and oxygen atoms in total. The van der Waals surface area contributed by atoms with Crippen molar-refractivity contribution < 1.29 is 12.8 Å². The second-order valence-corrected chi connectivity index (χ2v) is 6.63. The summed E-state index contributed by atoms with van der Waals surface area (Å²) in [4.78, 5) is 0.0628. The molecule has 2 aromatic carbocycles. The van der Waals surface area contributed by atoms with Gasteiger partial charge in [0.1, 0.15) is 5.82 Å². The fourth-order valence-electron chi connectivity index (χ4n) is 1.87.